The lowest BCUT2D eigenvalue weighted by Gasteiger charge is -2.47. The molecule has 4 fully saturated rings. The van der Waals surface area contributed by atoms with Gasteiger partial charge in [-0.15, -0.1) is 0 Å². The number of hydrogen-bond donors (Lipinski definition) is 5. The molecule has 0 saturated carbocycles. The van der Waals surface area contributed by atoms with E-state index in [1.54, 1.807) is 83.1 Å². The number of rotatable bonds is 21. The Kier molecular flexibility index (Phi) is 25.7. The van der Waals surface area contributed by atoms with Crippen molar-refractivity contribution in [3.8, 4) is 0 Å². The van der Waals surface area contributed by atoms with Gasteiger partial charge in [0.25, 0.3) is 5.69 Å². The fourth-order valence-corrected chi connectivity index (χ4v) is 13.9. The molecule has 23 atom stereocenters. The molecule has 0 aromatic heterocycles. The summed E-state index contributed by atoms with van der Waals surface area (Å²) in [5.74, 6) is -9.86. The van der Waals surface area contributed by atoms with Crippen molar-refractivity contribution in [1.82, 2.24) is 4.72 Å². The molecule has 4 aliphatic rings. The van der Waals surface area contributed by atoms with E-state index in [4.69, 9.17) is 52.1 Å². The molecule has 0 spiro atoms. The third-order valence-electron chi connectivity index (χ3n) is 17.4. The summed E-state index contributed by atoms with van der Waals surface area (Å²) in [4.78, 5) is 70.6. The molecule has 496 valence electrons. The van der Waals surface area contributed by atoms with Gasteiger partial charge in [-0.05, 0) is 83.3 Å². The number of benzene rings is 1. The first kappa shape index (κ1) is 73.6. The number of ether oxygens (including phenoxy) is 11. The standard InChI is InChI=1S/C61H98N2O23S/c1-30(2)23-43(64)82-50-36(8)49(33(5)28-78-58-53(77-18)52(76-17)47(67)39(11)81-58)84-56(70)38(10)51(83-45-27-60(15,71)55(69)40(12)80-45)35(7)48(85-57-46(66)31(3)24-34(6)79-57)32(4)25-61(16,54(68)37(50)9)86-44(65)26-59(13,14)29-62-87(74,75)42-22-20-19-21-41(42)63(72)73/h19-22,30,32-40,45-53,55,57-58,62,66-67,69,71H,3,23-29H2,1-2,4-18H3/t32-,33-,34+,35+,36-,37+,38+,39+,40-,45-,46+,47+,48-,49+,50+,51-,52+,53+,55-,57-,58+,60+,61-/m0/s1. The van der Waals surface area contributed by atoms with Gasteiger partial charge in [0.05, 0.1) is 65.9 Å². The van der Waals surface area contributed by atoms with Gasteiger partial charge >= 0.3 is 17.9 Å². The monoisotopic (exact) mass is 1260 g/mol. The van der Waals surface area contributed by atoms with E-state index in [9.17, 15) is 48.5 Å². The molecule has 1 aromatic rings. The van der Waals surface area contributed by atoms with E-state index in [-0.39, 0.29) is 31.8 Å². The summed E-state index contributed by atoms with van der Waals surface area (Å²) in [5, 5.41) is 56.9. The number of nitrogens with zero attached hydrogens (tertiary/aromatic N) is 1. The van der Waals surface area contributed by atoms with E-state index in [1.807, 2.05) is 0 Å². The van der Waals surface area contributed by atoms with Gasteiger partial charge in [0, 0.05) is 57.4 Å². The molecule has 1 aromatic carbocycles. The van der Waals surface area contributed by atoms with Crippen molar-refractivity contribution in [1.29, 1.82) is 0 Å². The molecule has 87 heavy (non-hydrogen) atoms. The van der Waals surface area contributed by atoms with Crippen LogP contribution in [0.4, 0.5) is 5.69 Å². The third kappa shape index (κ3) is 18.3. The Labute approximate surface area is 512 Å². The van der Waals surface area contributed by atoms with Crippen LogP contribution in [-0.2, 0) is 81.3 Å². The summed E-state index contributed by atoms with van der Waals surface area (Å²) in [5.41, 5.74) is -5.43. The zero-order chi connectivity index (χ0) is 65.6. The van der Waals surface area contributed by atoms with Crippen LogP contribution in [0.25, 0.3) is 0 Å². The number of nitro benzene ring substituents is 1. The smallest absolute Gasteiger partial charge is 0.311 e. The van der Waals surface area contributed by atoms with Crippen LogP contribution < -0.4 is 4.72 Å². The van der Waals surface area contributed by atoms with E-state index in [1.165, 1.54) is 47.1 Å². The van der Waals surface area contributed by atoms with Crippen LogP contribution >= 0.6 is 0 Å². The molecule has 5 rings (SSSR count). The minimum atomic E-state index is -4.52. The first-order valence-electron chi connectivity index (χ1n) is 30.1. The zero-order valence-electron chi connectivity index (χ0n) is 53.6. The molecule has 0 unspecified atom stereocenters. The van der Waals surface area contributed by atoms with Gasteiger partial charge in [0.1, 0.15) is 42.7 Å². The van der Waals surface area contributed by atoms with Crippen LogP contribution in [-0.4, -0.2) is 188 Å². The number of sulfonamides is 1. The van der Waals surface area contributed by atoms with Crippen LogP contribution in [0.5, 0.6) is 0 Å². The summed E-state index contributed by atoms with van der Waals surface area (Å²) >= 11 is 0. The SMILES string of the molecule is C=C1C[C@@H](C)O[C@@H](O[C@@H]2[C@@H](C)[C@H](O[C@H]3C[C@@](C)(O)[C@@H](O)[C@H](C)O3)[C@@H](C)C(=O)O[C@H]([C@@H](C)CO[C@@H]3O[C@H](C)[C@@H](O)[C@@H](OC)[C@H]3OC)[C@H](C)[C@@H](OC(=O)CC(C)C)[C@@H](C)C(=O)[C@@](C)(OC(=O)CC(C)(C)CNS(=O)(=O)c3ccccc3[N+](=O)[O-])C[C@@H]2C)[C@@H]1O. The van der Waals surface area contributed by atoms with Crippen molar-refractivity contribution in [2.75, 3.05) is 27.4 Å². The maximum atomic E-state index is 16.0. The number of hydrogen-bond acceptors (Lipinski definition) is 23. The molecule has 4 saturated heterocycles. The number of para-hydroxylation sites is 1. The Morgan fingerprint density at radius 2 is 1.47 bits per heavy atom. The van der Waals surface area contributed by atoms with Gasteiger partial charge in [-0.2, -0.15) is 0 Å². The third-order valence-corrected chi connectivity index (χ3v) is 18.8. The number of nitro groups is 1. The van der Waals surface area contributed by atoms with E-state index >= 15 is 9.59 Å². The molecule has 0 radical (unpaired) electrons. The lowest BCUT2D eigenvalue weighted by Crippen LogP contribution is -2.59. The summed E-state index contributed by atoms with van der Waals surface area (Å²) in [6.45, 7) is 27.8. The second kappa shape index (κ2) is 30.3. The minimum absolute atomic E-state index is 0.0893. The number of ketones is 1. The normalized spacial score (nSPS) is 38.3. The Morgan fingerprint density at radius 3 is 2.07 bits per heavy atom. The Morgan fingerprint density at radius 1 is 0.839 bits per heavy atom. The highest BCUT2D eigenvalue weighted by Gasteiger charge is 2.54. The molecule has 0 bridgehead atoms. The second-order valence-electron chi connectivity index (χ2n) is 26.4. The average molecular weight is 1260 g/mol. The quantitative estimate of drug-likeness (QED) is 0.0335. The largest absolute Gasteiger partial charge is 0.461 e. The second-order valence-corrected chi connectivity index (χ2v) is 28.1. The predicted molar refractivity (Wildman–Crippen MR) is 312 cm³/mol. The van der Waals surface area contributed by atoms with Gasteiger partial charge in [0.2, 0.25) is 10.0 Å². The number of aliphatic hydroxyl groups excluding tert-OH is 3. The summed E-state index contributed by atoms with van der Waals surface area (Å²) < 4.78 is 98.8. The fourth-order valence-electron chi connectivity index (χ4n) is 12.5. The molecule has 0 aliphatic carbocycles. The summed E-state index contributed by atoms with van der Waals surface area (Å²) in [7, 11) is -1.70. The van der Waals surface area contributed by atoms with Crippen LogP contribution in [0.15, 0.2) is 41.3 Å². The van der Waals surface area contributed by atoms with E-state index in [0.717, 1.165) is 12.1 Å². The van der Waals surface area contributed by atoms with E-state index in [2.05, 4.69) is 11.3 Å². The van der Waals surface area contributed by atoms with Gasteiger partial charge in [0.15, 0.2) is 35.1 Å². The first-order chi connectivity index (χ1) is 40.3. The number of cyclic esters (lactones) is 1. The predicted octanol–water partition coefficient (Wildman–Crippen LogP) is 5.47. The average Bonchev–Trinajstić information content (AvgIpc) is 2.53. The molecule has 0 amide bonds. The topological polar surface area (TPSA) is 340 Å². The van der Waals surface area contributed by atoms with Gasteiger partial charge in [-0.3, -0.25) is 29.3 Å². The highest BCUT2D eigenvalue weighted by atomic mass is 32.2. The molecular weight excluding hydrogens is 1160 g/mol. The molecular formula is C61H98N2O23S. The fraction of sp³-hybridized carbons (Fsp3) is 0.803. The minimum Gasteiger partial charge on any atom is -0.461 e. The lowest BCUT2D eigenvalue weighted by molar-refractivity contribution is -0.387. The van der Waals surface area contributed by atoms with Crippen LogP contribution in [0.3, 0.4) is 0 Å². The highest BCUT2D eigenvalue weighted by Crippen LogP contribution is 2.42. The van der Waals surface area contributed by atoms with Crippen molar-refractivity contribution in [2.45, 2.75) is 244 Å². The highest BCUT2D eigenvalue weighted by molar-refractivity contribution is 7.89. The maximum absolute atomic E-state index is 16.0. The van der Waals surface area contributed by atoms with Gasteiger partial charge in [-0.1, -0.05) is 81.0 Å². The number of aliphatic hydroxyl groups is 4. The lowest BCUT2D eigenvalue weighted by atomic mass is 9.74. The van der Waals surface area contributed by atoms with Crippen molar-refractivity contribution in [3.05, 3.63) is 46.5 Å². The van der Waals surface area contributed by atoms with E-state index < -0.39 is 206 Å². The first-order valence-corrected chi connectivity index (χ1v) is 31.6. The molecule has 26 heteroatoms. The Bertz CT molecular complexity index is 2640. The molecule has 4 heterocycles. The molecule has 5 N–H and O–H groups in total. The molecule has 4 aliphatic heterocycles. The Hall–Kier alpha value is -4.13. The van der Waals surface area contributed by atoms with E-state index in [0.29, 0.717) is 12.0 Å². The van der Waals surface area contributed by atoms with Crippen molar-refractivity contribution < 1.29 is 105 Å². The van der Waals surface area contributed by atoms with Crippen LogP contribution in [0.1, 0.15) is 136 Å². The maximum Gasteiger partial charge on any atom is 0.311 e. The number of carbonyl (C=O) groups excluding carboxylic acids is 4. The number of nitrogens with one attached hydrogen (secondary N) is 1. The zero-order valence-corrected chi connectivity index (χ0v) is 54.4. The number of carbonyl (C=O) groups is 4. The number of Topliss-reactive ketones (excluding diaryl/α,β-unsaturated/α-hetero) is 1. The Balaban J connectivity index is 1.69. The van der Waals surface area contributed by atoms with Crippen molar-refractivity contribution >= 4 is 39.4 Å². The van der Waals surface area contributed by atoms with Gasteiger partial charge < -0.3 is 72.5 Å². The van der Waals surface area contributed by atoms with Crippen LogP contribution in [0, 0.1) is 57.0 Å². The molecule has 25 nitrogen and oxygen atoms in total. The summed E-state index contributed by atoms with van der Waals surface area (Å²) in [6, 6.07) is 4.78. The number of esters is 3. The van der Waals surface area contributed by atoms with Crippen molar-refractivity contribution in [3.63, 3.8) is 0 Å². The van der Waals surface area contributed by atoms with Crippen LogP contribution in [0.2, 0.25) is 0 Å². The van der Waals surface area contributed by atoms with Crippen molar-refractivity contribution in [2.24, 2.45) is 46.8 Å². The van der Waals surface area contributed by atoms with Gasteiger partial charge in [-0.25, -0.2) is 13.1 Å². The summed E-state index contributed by atoms with van der Waals surface area (Å²) in [6.07, 6.45) is -17.7. The number of methoxy groups -OCH3 is 2.